The summed E-state index contributed by atoms with van der Waals surface area (Å²) in [5, 5.41) is 1.45. The van der Waals surface area contributed by atoms with Gasteiger partial charge in [-0.3, -0.25) is 0 Å². The Morgan fingerprint density at radius 3 is 2.52 bits per heavy atom. The molecule has 0 aliphatic carbocycles. The first-order valence-corrected chi connectivity index (χ1v) is 8.16. The van der Waals surface area contributed by atoms with Gasteiger partial charge in [-0.1, -0.05) is 46.9 Å². The Kier molecular flexibility index (Phi) is 5.81. The Morgan fingerprint density at radius 2 is 1.86 bits per heavy atom. The highest BCUT2D eigenvalue weighted by molar-refractivity contribution is 9.10. The summed E-state index contributed by atoms with van der Waals surface area (Å²) >= 11 is 21.8. The molecule has 2 aromatic carbocycles. The van der Waals surface area contributed by atoms with Gasteiger partial charge in [-0.15, -0.1) is 0 Å². The van der Waals surface area contributed by atoms with Gasteiger partial charge in [0, 0.05) is 16.6 Å². The van der Waals surface area contributed by atoms with Gasteiger partial charge >= 0.3 is 0 Å². The Labute approximate surface area is 147 Å². The van der Waals surface area contributed by atoms with Crippen LogP contribution in [0.1, 0.15) is 12.5 Å². The maximum absolute atomic E-state index is 6.24. The lowest BCUT2D eigenvalue weighted by Gasteiger charge is -2.15. The van der Waals surface area contributed by atoms with E-state index < -0.39 is 0 Å². The molecule has 0 spiro atoms. The minimum Gasteiger partial charge on any atom is -0.454 e. The molecule has 2 rings (SSSR count). The van der Waals surface area contributed by atoms with Crippen molar-refractivity contribution in [3.63, 3.8) is 0 Å². The molecule has 0 radical (unpaired) electrons. The van der Waals surface area contributed by atoms with Crippen LogP contribution in [0.4, 0.5) is 0 Å². The summed E-state index contributed by atoms with van der Waals surface area (Å²) < 4.78 is 6.59. The Hall–Kier alpha value is -0.450. The second-order valence-corrected chi connectivity index (χ2v) is 6.78. The first kappa shape index (κ1) is 16.9. The van der Waals surface area contributed by atoms with Crippen LogP contribution in [-0.4, -0.2) is 6.04 Å². The Bertz CT molecular complexity index is 662. The molecule has 6 heteroatoms. The summed E-state index contributed by atoms with van der Waals surface area (Å²) in [6, 6.07) is 8.88. The van der Waals surface area contributed by atoms with Crippen LogP contribution >= 0.6 is 50.7 Å². The van der Waals surface area contributed by atoms with Crippen molar-refractivity contribution in [3.8, 4) is 11.5 Å². The third-order valence-electron chi connectivity index (χ3n) is 2.78. The number of para-hydroxylation sites is 1. The van der Waals surface area contributed by atoms with Crippen LogP contribution in [0.2, 0.25) is 15.1 Å². The molecule has 2 aromatic rings. The van der Waals surface area contributed by atoms with Crippen molar-refractivity contribution >= 4 is 50.7 Å². The molecule has 0 aliphatic rings. The minimum atomic E-state index is -0.00482. The molecule has 0 bridgehead atoms. The molecule has 2 nitrogen and oxygen atoms in total. The number of halogens is 4. The van der Waals surface area contributed by atoms with Crippen molar-refractivity contribution < 1.29 is 4.74 Å². The first-order valence-electron chi connectivity index (χ1n) is 6.24. The van der Waals surface area contributed by atoms with E-state index >= 15 is 0 Å². The lowest BCUT2D eigenvalue weighted by molar-refractivity contribution is 0.474. The second kappa shape index (κ2) is 7.21. The highest BCUT2D eigenvalue weighted by atomic mass is 79.9. The summed E-state index contributed by atoms with van der Waals surface area (Å²) in [6.07, 6.45) is 0.651. The average molecular weight is 410 g/mol. The molecule has 0 aromatic heterocycles. The van der Waals surface area contributed by atoms with E-state index in [1.807, 2.05) is 19.1 Å². The zero-order valence-electron chi connectivity index (χ0n) is 11.2. The molecule has 21 heavy (non-hydrogen) atoms. The monoisotopic (exact) mass is 407 g/mol. The maximum Gasteiger partial charge on any atom is 0.149 e. The number of ether oxygens (including phenoxy) is 1. The van der Waals surface area contributed by atoms with Crippen LogP contribution in [0.5, 0.6) is 11.5 Å². The molecule has 0 saturated carbocycles. The molecule has 0 fully saturated rings. The van der Waals surface area contributed by atoms with E-state index in [0.717, 1.165) is 5.56 Å². The van der Waals surface area contributed by atoms with Crippen LogP contribution < -0.4 is 10.5 Å². The molecule has 0 aliphatic heterocycles. The second-order valence-electron chi connectivity index (χ2n) is 4.71. The van der Waals surface area contributed by atoms with Crippen molar-refractivity contribution in [2.45, 2.75) is 19.4 Å². The van der Waals surface area contributed by atoms with Crippen molar-refractivity contribution in [2.24, 2.45) is 5.73 Å². The van der Waals surface area contributed by atoms with E-state index in [9.17, 15) is 0 Å². The van der Waals surface area contributed by atoms with Gasteiger partial charge in [0.25, 0.3) is 0 Å². The molecule has 0 amide bonds. The molecule has 0 saturated heterocycles. The van der Waals surface area contributed by atoms with E-state index in [2.05, 4.69) is 15.9 Å². The van der Waals surface area contributed by atoms with Crippen molar-refractivity contribution in [1.82, 2.24) is 0 Å². The van der Waals surface area contributed by atoms with E-state index in [1.54, 1.807) is 18.2 Å². The highest BCUT2D eigenvalue weighted by Crippen LogP contribution is 2.40. The maximum atomic E-state index is 6.24. The van der Waals surface area contributed by atoms with Crippen LogP contribution in [0.3, 0.4) is 0 Å². The quantitative estimate of drug-likeness (QED) is 0.620. The summed E-state index contributed by atoms with van der Waals surface area (Å²) in [5.41, 5.74) is 6.78. The summed E-state index contributed by atoms with van der Waals surface area (Å²) in [5.74, 6) is 1.00. The SMILES string of the molecule is CC(N)Cc1cccc(Cl)c1Oc1cc(Cl)c(Br)cc1Cl. The molecule has 1 unspecified atom stereocenters. The van der Waals surface area contributed by atoms with Crippen LogP contribution in [0, 0.1) is 0 Å². The fourth-order valence-electron chi connectivity index (χ4n) is 1.87. The lowest BCUT2D eigenvalue weighted by atomic mass is 10.1. The Balaban J connectivity index is 2.42. The number of rotatable bonds is 4. The number of hydrogen-bond donors (Lipinski definition) is 1. The van der Waals surface area contributed by atoms with Gasteiger partial charge in [-0.05, 0) is 47.0 Å². The normalized spacial score (nSPS) is 12.3. The van der Waals surface area contributed by atoms with Crippen LogP contribution in [0.15, 0.2) is 34.8 Å². The molecule has 112 valence electrons. The van der Waals surface area contributed by atoms with Gasteiger partial charge in [0.15, 0.2) is 0 Å². The zero-order chi connectivity index (χ0) is 15.6. The molecule has 1 atom stereocenters. The Morgan fingerprint density at radius 1 is 1.14 bits per heavy atom. The largest absolute Gasteiger partial charge is 0.454 e. The minimum absolute atomic E-state index is 0.00482. The molecule has 0 heterocycles. The van der Waals surface area contributed by atoms with E-state index in [4.69, 9.17) is 45.3 Å². The van der Waals surface area contributed by atoms with Crippen molar-refractivity contribution in [3.05, 3.63) is 55.4 Å². The molecular formula is C15H13BrCl3NO. The van der Waals surface area contributed by atoms with Gasteiger partial charge in [0.2, 0.25) is 0 Å². The first-order chi connectivity index (χ1) is 9.88. The summed E-state index contributed by atoms with van der Waals surface area (Å²) in [7, 11) is 0. The number of benzene rings is 2. The summed E-state index contributed by atoms with van der Waals surface area (Å²) in [6.45, 7) is 1.92. The van der Waals surface area contributed by atoms with Gasteiger partial charge in [0.05, 0.1) is 15.1 Å². The number of hydrogen-bond acceptors (Lipinski definition) is 2. The average Bonchev–Trinajstić information content (AvgIpc) is 2.39. The standard InChI is InChI=1S/C15H13BrCl3NO/c1-8(20)5-9-3-2-4-11(17)15(9)21-14-7-12(18)10(16)6-13(14)19/h2-4,6-8H,5,20H2,1H3. The van der Waals surface area contributed by atoms with Gasteiger partial charge < -0.3 is 10.5 Å². The third kappa shape index (κ3) is 4.27. The van der Waals surface area contributed by atoms with Gasteiger partial charge in [-0.25, -0.2) is 0 Å². The zero-order valence-corrected chi connectivity index (χ0v) is 15.0. The van der Waals surface area contributed by atoms with Crippen LogP contribution in [0.25, 0.3) is 0 Å². The van der Waals surface area contributed by atoms with E-state index in [0.29, 0.717) is 37.5 Å². The topological polar surface area (TPSA) is 35.2 Å². The van der Waals surface area contributed by atoms with Gasteiger partial charge in [0.1, 0.15) is 11.5 Å². The summed E-state index contributed by atoms with van der Waals surface area (Å²) in [4.78, 5) is 0. The van der Waals surface area contributed by atoms with E-state index in [-0.39, 0.29) is 6.04 Å². The van der Waals surface area contributed by atoms with Crippen molar-refractivity contribution in [2.75, 3.05) is 0 Å². The number of nitrogens with two attached hydrogens (primary N) is 1. The fourth-order valence-corrected chi connectivity index (χ4v) is 2.93. The predicted molar refractivity (Wildman–Crippen MR) is 93.0 cm³/mol. The molecule has 2 N–H and O–H groups in total. The smallest absolute Gasteiger partial charge is 0.149 e. The third-order valence-corrected chi connectivity index (χ3v) is 4.57. The van der Waals surface area contributed by atoms with Gasteiger partial charge in [-0.2, -0.15) is 0 Å². The highest BCUT2D eigenvalue weighted by Gasteiger charge is 2.14. The van der Waals surface area contributed by atoms with E-state index in [1.165, 1.54) is 0 Å². The molecular weight excluding hydrogens is 396 g/mol. The fraction of sp³-hybridized carbons (Fsp3) is 0.200. The lowest BCUT2D eigenvalue weighted by Crippen LogP contribution is -2.18. The van der Waals surface area contributed by atoms with Crippen LogP contribution in [-0.2, 0) is 6.42 Å². The predicted octanol–water partition coefficient (Wildman–Crippen LogP) is 6.09. The van der Waals surface area contributed by atoms with Crippen molar-refractivity contribution in [1.29, 1.82) is 0 Å².